The van der Waals surface area contributed by atoms with Crippen LogP contribution in [0.3, 0.4) is 0 Å². The van der Waals surface area contributed by atoms with E-state index in [-0.39, 0.29) is 29.6 Å². The van der Waals surface area contributed by atoms with E-state index in [1.54, 1.807) is 24.3 Å². The zero-order chi connectivity index (χ0) is 30.5. The molecule has 9 heteroatoms. The number of piperazine rings is 1. The molecule has 2 atom stereocenters. The number of phenols is 1. The average Bonchev–Trinajstić information content (AvgIpc) is 3.01. The molecule has 232 valence electrons. The normalized spacial score (nSPS) is 25.4. The number of benzene rings is 2. The van der Waals surface area contributed by atoms with Crippen molar-refractivity contribution < 1.29 is 14.6 Å². The number of rotatable bonds is 7. The summed E-state index contributed by atoms with van der Waals surface area (Å²) in [6, 6.07) is 14.7. The van der Waals surface area contributed by atoms with Gasteiger partial charge in [0.2, 0.25) is 0 Å². The van der Waals surface area contributed by atoms with Gasteiger partial charge in [-0.1, -0.05) is 44.0 Å². The quantitative estimate of drug-likeness (QED) is 0.359. The van der Waals surface area contributed by atoms with Gasteiger partial charge in [-0.05, 0) is 67.5 Å². The van der Waals surface area contributed by atoms with Crippen molar-refractivity contribution in [3.05, 3.63) is 82.8 Å². The van der Waals surface area contributed by atoms with E-state index < -0.39 is 0 Å². The van der Waals surface area contributed by atoms with Crippen molar-refractivity contribution in [3.63, 3.8) is 0 Å². The molecule has 3 aliphatic rings. The summed E-state index contributed by atoms with van der Waals surface area (Å²) in [4.78, 5) is 19.9. The molecule has 1 amide bonds. The van der Waals surface area contributed by atoms with E-state index in [4.69, 9.17) is 21.9 Å². The maximum atomic E-state index is 13.3. The van der Waals surface area contributed by atoms with Crippen molar-refractivity contribution in [2.24, 2.45) is 29.0 Å². The second-order valence-electron chi connectivity index (χ2n) is 12.6. The van der Waals surface area contributed by atoms with Crippen molar-refractivity contribution in [3.8, 4) is 5.75 Å². The molecule has 2 saturated heterocycles. The second-order valence-corrected chi connectivity index (χ2v) is 12.6. The number of aromatic hydroxyl groups is 1. The molecular weight excluding hydrogens is 540 g/mol. The first-order valence-electron chi connectivity index (χ1n) is 15.7. The third kappa shape index (κ3) is 7.46. The Labute approximate surface area is 255 Å². The summed E-state index contributed by atoms with van der Waals surface area (Å²) in [6.07, 6.45) is 6.86. The van der Waals surface area contributed by atoms with Crippen molar-refractivity contribution in [1.29, 1.82) is 0 Å². The van der Waals surface area contributed by atoms with Crippen molar-refractivity contribution >= 4 is 11.6 Å². The van der Waals surface area contributed by atoms with Gasteiger partial charge in [0, 0.05) is 62.1 Å². The van der Waals surface area contributed by atoms with Gasteiger partial charge in [0.25, 0.3) is 5.91 Å². The molecule has 0 spiro atoms. The predicted molar refractivity (Wildman–Crippen MR) is 170 cm³/mol. The predicted octanol–water partition coefficient (Wildman–Crippen LogP) is 3.82. The van der Waals surface area contributed by atoms with Gasteiger partial charge in [-0.3, -0.25) is 9.69 Å². The number of para-hydroxylation sites is 1. The van der Waals surface area contributed by atoms with Gasteiger partial charge in [-0.2, -0.15) is 0 Å². The second kappa shape index (κ2) is 13.7. The van der Waals surface area contributed by atoms with Crippen LogP contribution in [0.2, 0.25) is 0 Å². The smallest absolute Gasteiger partial charge is 0.253 e. The third-order valence-electron chi connectivity index (χ3n) is 9.39. The number of nitrogens with two attached hydrogens (primary N) is 3. The van der Waals surface area contributed by atoms with E-state index in [1.807, 2.05) is 42.2 Å². The summed E-state index contributed by atoms with van der Waals surface area (Å²) in [7, 11) is 0. The van der Waals surface area contributed by atoms with Crippen LogP contribution in [0.5, 0.6) is 5.75 Å². The Morgan fingerprint density at radius 1 is 0.953 bits per heavy atom. The molecule has 0 aromatic heterocycles. The Morgan fingerprint density at radius 2 is 1.63 bits per heavy atom. The van der Waals surface area contributed by atoms with Gasteiger partial charge in [-0.15, -0.1) is 0 Å². The highest BCUT2D eigenvalue weighted by molar-refractivity contribution is 5.94. The Hall–Kier alpha value is -3.69. The molecule has 2 aliphatic heterocycles. The zero-order valence-electron chi connectivity index (χ0n) is 25.6. The van der Waals surface area contributed by atoms with E-state index in [9.17, 15) is 9.90 Å². The minimum Gasteiger partial charge on any atom is -0.507 e. The molecule has 2 aromatic carbocycles. The van der Waals surface area contributed by atoms with Crippen LogP contribution in [-0.2, 0) is 4.74 Å². The number of ether oxygens (including phenoxy) is 1. The van der Waals surface area contributed by atoms with Crippen molar-refractivity contribution in [2.45, 2.75) is 51.7 Å². The number of phenolic OH excluding ortho intramolecular Hbond substituents is 1. The van der Waals surface area contributed by atoms with Gasteiger partial charge in [0.1, 0.15) is 17.7 Å². The highest BCUT2D eigenvalue weighted by atomic mass is 16.5. The lowest BCUT2D eigenvalue weighted by Gasteiger charge is -2.40. The maximum absolute atomic E-state index is 13.3. The van der Waals surface area contributed by atoms with Crippen molar-refractivity contribution in [2.75, 3.05) is 45.9 Å². The number of hydrogen-bond acceptors (Lipinski definition) is 8. The van der Waals surface area contributed by atoms with Gasteiger partial charge in [-0.25, -0.2) is 0 Å². The minimum atomic E-state index is -0.235. The molecule has 3 fully saturated rings. The number of carbonyl (C=O) groups is 1. The van der Waals surface area contributed by atoms with Gasteiger partial charge in [0.15, 0.2) is 0 Å². The van der Waals surface area contributed by atoms with Gasteiger partial charge < -0.3 is 36.8 Å². The number of nitrogens with zero attached hydrogens (tertiary/aromatic N) is 3. The van der Waals surface area contributed by atoms with E-state index in [1.165, 1.54) is 32.2 Å². The highest BCUT2D eigenvalue weighted by Crippen LogP contribution is 2.31. The lowest BCUT2D eigenvalue weighted by molar-refractivity contribution is -0.0457. The first-order chi connectivity index (χ1) is 20.7. The lowest BCUT2D eigenvalue weighted by Crippen LogP contribution is -2.50. The fourth-order valence-corrected chi connectivity index (χ4v) is 6.60. The number of allylic oxidation sites excluding steroid dienone is 1. The molecule has 1 saturated carbocycles. The van der Waals surface area contributed by atoms with Crippen LogP contribution in [0.15, 0.2) is 66.1 Å². The summed E-state index contributed by atoms with van der Waals surface area (Å²) >= 11 is 0. The molecule has 7 N–H and O–H groups in total. The molecule has 2 heterocycles. The highest BCUT2D eigenvalue weighted by Gasteiger charge is 2.30. The summed E-state index contributed by atoms with van der Waals surface area (Å²) in [5, 5.41) is 10.2. The minimum absolute atomic E-state index is 0.00274. The number of amides is 1. The van der Waals surface area contributed by atoms with Crippen LogP contribution in [0.25, 0.3) is 5.70 Å². The molecule has 1 aliphatic carbocycles. The summed E-state index contributed by atoms with van der Waals surface area (Å²) in [5.41, 5.74) is 21.8. The van der Waals surface area contributed by atoms with Crippen LogP contribution < -0.4 is 17.2 Å². The summed E-state index contributed by atoms with van der Waals surface area (Å²) in [6.45, 7) is 10.00. The number of carbonyl (C=O) groups excluding carboxylic acids is 1. The summed E-state index contributed by atoms with van der Waals surface area (Å²) < 4.78 is 6.20. The van der Waals surface area contributed by atoms with E-state index in [0.29, 0.717) is 35.7 Å². The maximum Gasteiger partial charge on any atom is 0.253 e. The topological polar surface area (TPSA) is 134 Å². The first kappa shape index (κ1) is 30.8. The van der Waals surface area contributed by atoms with Crippen LogP contribution >= 0.6 is 0 Å². The average molecular weight is 589 g/mol. The SMILES string of the molecule is CC1CCC(CN2CCN(C(=O)c3ccc(C4CN(C(/C=C(\N)c5ccccc5O)=C(N)N)C(C)CO4)cc3)CC2)CC1. The van der Waals surface area contributed by atoms with Crippen LogP contribution in [0.1, 0.15) is 67.1 Å². The Bertz CT molecular complexity index is 1310. The molecule has 5 rings (SSSR count). The van der Waals surface area contributed by atoms with Crippen LogP contribution in [-0.4, -0.2) is 77.6 Å². The van der Waals surface area contributed by atoms with E-state index >= 15 is 0 Å². The fourth-order valence-electron chi connectivity index (χ4n) is 6.60. The van der Waals surface area contributed by atoms with Crippen LogP contribution in [0.4, 0.5) is 0 Å². The Balaban J connectivity index is 1.20. The number of morpholine rings is 1. The third-order valence-corrected chi connectivity index (χ3v) is 9.39. The molecular formula is C34H48N6O3. The molecule has 9 nitrogen and oxygen atoms in total. The lowest BCUT2D eigenvalue weighted by atomic mass is 9.83. The van der Waals surface area contributed by atoms with Gasteiger partial charge >= 0.3 is 0 Å². The Kier molecular flexibility index (Phi) is 9.82. The fraction of sp³-hybridized carbons (Fsp3) is 0.500. The van der Waals surface area contributed by atoms with E-state index in [2.05, 4.69) is 16.7 Å². The van der Waals surface area contributed by atoms with Crippen molar-refractivity contribution in [1.82, 2.24) is 14.7 Å². The molecule has 2 unspecified atom stereocenters. The molecule has 0 radical (unpaired) electrons. The molecule has 2 aromatic rings. The monoisotopic (exact) mass is 588 g/mol. The van der Waals surface area contributed by atoms with Gasteiger partial charge in [0.05, 0.1) is 12.3 Å². The molecule has 43 heavy (non-hydrogen) atoms. The Morgan fingerprint density at radius 3 is 2.28 bits per heavy atom. The summed E-state index contributed by atoms with van der Waals surface area (Å²) in [5.74, 6) is 2.00. The largest absolute Gasteiger partial charge is 0.507 e. The standard InChI is InChI=1S/C34H48N6O3/c1-23-7-9-25(10-8-23)20-38-15-17-39(18-16-38)34(42)27-13-11-26(12-14-27)32-21-40(24(2)22-43-32)30(33(36)37)19-29(35)28-5-3-4-6-31(28)41/h3-6,11-14,19,23-25,32,41H,7-10,15-18,20-22,35-37H2,1-2H3/b29-19-. The van der Waals surface area contributed by atoms with Crippen LogP contribution in [0, 0.1) is 11.8 Å². The van der Waals surface area contributed by atoms with E-state index in [0.717, 1.165) is 43.6 Å². The first-order valence-corrected chi connectivity index (χ1v) is 15.7. The number of hydrogen-bond donors (Lipinski definition) is 4. The zero-order valence-corrected chi connectivity index (χ0v) is 25.6. The molecule has 0 bridgehead atoms.